The molecule has 4 atom stereocenters. The fraction of sp³-hybridized carbons (Fsp3) is 0.899. The number of carbonyl (C=O) groups excluding carboxylic acids is 1. The van der Waals surface area contributed by atoms with Gasteiger partial charge >= 0.3 is 0 Å². The molecule has 1 amide bonds. The van der Waals surface area contributed by atoms with Crippen molar-refractivity contribution in [1.29, 1.82) is 0 Å². The molecule has 0 aliphatic rings. The lowest BCUT2D eigenvalue weighted by Gasteiger charge is -2.27. The predicted molar refractivity (Wildman–Crippen MR) is 330 cm³/mol. The highest BCUT2D eigenvalue weighted by Crippen LogP contribution is 2.19. The van der Waals surface area contributed by atoms with E-state index in [9.17, 15) is 25.2 Å². The number of hydrogen-bond acceptors (Lipinski definition) is 5. The van der Waals surface area contributed by atoms with Crippen LogP contribution in [0, 0.1) is 0 Å². The first-order valence-electron chi connectivity index (χ1n) is 33.9. The Balaban J connectivity index is 3.61. The maximum atomic E-state index is 12.6. The molecule has 0 saturated heterocycles. The van der Waals surface area contributed by atoms with Crippen LogP contribution in [-0.4, -0.2) is 57.3 Å². The Morgan fingerprint density at radius 3 is 0.840 bits per heavy atom. The van der Waals surface area contributed by atoms with Crippen LogP contribution in [0.1, 0.15) is 367 Å². The van der Waals surface area contributed by atoms with E-state index in [4.69, 9.17) is 0 Å². The Morgan fingerprint density at radius 2 is 0.560 bits per heavy atom. The molecule has 75 heavy (non-hydrogen) atoms. The second-order valence-electron chi connectivity index (χ2n) is 23.5. The number of aliphatic hydroxyl groups excluding tert-OH is 4. The van der Waals surface area contributed by atoms with Crippen molar-refractivity contribution in [2.24, 2.45) is 0 Å². The summed E-state index contributed by atoms with van der Waals surface area (Å²) < 4.78 is 0. The van der Waals surface area contributed by atoms with Crippen LogP contribution in [0.4, 0.5) is 0 Å². The molecule has 444 valence electrons. The van der Waals surface area contributed by atoms with Crippen molar-refractivity contribution in [2.45, 2.75) is 391 Å². The minimum Gasteiger partial charge on any atom is -0.394 e. The normalized spacial score (nSPS) is 13.7. The number of rotatable bonds is 63. The third-order valence-electron chi connectivity index (χ3n) is 16.1. The van der Waals surface area contributed by atoms with E-state index in [1.165, 1.54) is 295 Å². The zero-order valence-corrected chi connectivity index (χ0v) is 50.6. The summed E-state index contributed by atoms with van der Waals surface area (Å²) in [6, 6.07) is -1.01. The molecular weight excluding hydrogens is 923 g/mol. The lowest BCUT2D eigenvalue weighted by molar-refractivity contribution is -0.132. The summed E-state index contributed by atoms with van der Waals surface area (Å²) in [6.07, 6.45) is 81.2. The van der Waals surface area contributed by atoms with E-state index in [0.29, 0.717) is 19.3 Å². The van der Waals surface area contributed by atoms with Gasteiger partial charge in [-0.3, -0.25) is 4.79 Å². The molecule has 0 aromatic carbocycles. The highest BCUT2D eigenvalue weighted by atomic mass is 16.3. The molecule has 6 heteroatoms. The first-order valence-corrected chi connectivity index (χ1v) is 33.9. The van der Waals surface area contributed by atoms with Crippen LogP contribution in [0.3, 0.4) is 0 Å². The van der Waals surface area contributed by atoms with Gasteiger partial charge in [0.25, 0.3) is 0 Å². The third kappa shape index (κ3) is 57.0. The molecule has 0 radical (unpaired) electrons. The SMILES string of the molecule is CCCCCCCCCCCCCC/C=C\CCCCCCCCCCCCCCC(O)C(=O)NC(CO)C(O)C(O)CCC/C=C/CC/C=C/CCCCCCCCCCCCCCCCCCCCCCCC. The van der Waals surface area contributed by atoms with Gasteiger partial charge in [0, 0.05) is 0 Å². The van der Waals surface area contributed by atoms with Crippen LogP contribution in [0.25, 0.3) is 0 Å². The summed E-state index contributed by atoms with van der Waals surface area (Å²) in [5.41, 5.74) is 0. The molecule has 0 aromatic heterocycles. The third-order valence-corrected chi connectivity index (χ3v) is 16.1. The van der Waals surface area contributed by atoms with Gasteiger partial charge in [-0.15, -0.1) is 0 Å². The van der Waals surface area contributed by atoms with Gasteiger partial charge in [0.1, 0.15) is 12.2 Å². The van der Waals surface area contributed by atoms with Crippen molar-refractivity contribution in [2.75, 3.05) is 6.61 Å². The molecule has 5 N–H and O–H groups in total. The van der Waals surface area contributed by atoms with Crippen molar-refractivity contribution in [3.05, 3.63) is 36.5 Å². The Morgan fingerprint density at radius 1 is 0.320 bits per heavy atom. The summed E-state index contributed by atoms with van der Waals surface area (Å²) in [5.74, 6) is -0.593. The molecule has 0 aliphatic carbocycles. The van der Waals surface area contributed by atoms with E-state index in [-0.39, 0.29) is 0 Å². The fourth-order valence-electron chi connectivity index (χ4n) is 10.8. The van der Waals surface area contributed by atoms with Crippen molar-refractivity contribution >= 4 is 5.91 Å². The zero-order valence-electron chi connectivity index (χ0n) is 50.6. The van der Waals surface area contributed by atoms with Gasteiger partial charge in [0.15, 0.2) is 0 Å². The zero-order chi connectivity index (χ0) is 54.4. The van der Waals surface area contributed by atoms with Crippen LogP contribution in [0.2, 0.25) is 0 Å². The molecule has 0 heterocycles. The minimum atomic E-state index is -1.29. The van der Waals surface area contributed by atoms with E-state index in [0.717, 1.165) is 38.5 Å². The predicted octanol–water partition coefficient (Wildman–Crippen LogP) is 20.7. The lowest BCUT2D eigenvalue weighted by Crippen LogP contribution is -2.53. The Bertz CT molecular complexity index is 1190. The van der Waals surface area contributed by atoms with Crippen LogP contribution in [-0.2, 0) is 4.79 Å². The maximum Gasteiger partial charge on any atom is 0.249 e. The summed E-state index contributed by atoms with van der Waals surface area (Å²) in [5, 5.41) is 44.1. The van der Waals surface area contributed by atoms with E-state index in [1.54, 1.807) is 0 Å². The number of aliphatic hydroxyl groups is 4. The lowest BCUT2D eigenvalue weighted by atomic mass is 10.00. The Hall–Kier alpha value is -1.47. The molecule has 0 saturated carbocycles. The molecule has 4 unspecified atom stereocenters. The van der Waals surface area contributed by atoms with E-state index >= 15 is 0 Å². The van der Waals surface area contributed by atoms with E-state index in [1.807, 2.05) is 0 Å². The Labute approximate surface area is 468 Å². The maximum absolute atomic E-state index is 12.6. The molecule has 0 aromatic rings. The first kappa shape index (κ1) is 73.5. The standard InChI is InChI=1S/C69H133NO5/c1-3-5-7-9-11-13-15-17-19-21-23-25-27-29-31-33-34-35-37-38-40-42-44-46-48-50-52-54-56-58-60-62-66(72)68(74)65(64-71)70-69(75)67(73)63-61-59-57-55-53-51-49-47-45-43-41-39-36-32-30-28-26-24-22-20-18-16-14-12-10-8-6-4-2/h30,32,46,48,54,56,65-68,71-74H,3-29,31,33-45,47,49-53,55,57-64H2,1-2H3,(H,70,75)/b32-30-,48-46+,56-54+. The molecule has 0 fully saturated rings. The van der Waals surface area contributed by atoms with Crippen molar-refractivity contribution < 1.29 is 25.2 Å². The summed E-state index contributed by atoms with van der Waals surface area (Å²) in [4.78, 5) is 12.6. The van der Waals surface area contributed by atoms with Gasteiger partial charge in [0.2, 0.25) is 5.91 Å². The van der Waals surface area contributed by atoms with Crippen LogP contribution in [0.15, 0.2) is 36.5 Å². The number of unbranched alkanes of at least 4 members (excludes halogenated alkanes) is 48. The molecule has 0 aliphatic heterocycles. The quantitative estimate of drug-likeness (QED) is 0.0308. The smallest absolute Gasteiger partial charge is 0.249 e. The van der Waals surface area contributed by atoms with E-state index < -0.39 is 36.9 Å². The summed E-state index contributed by atoms with van der Waals surface area (Å²) in [6.45, 7) is 4.09. The van der Waals surface area contributed by atoms with Crippen LogP contribution >= 0.6 is 0 Å². The van der Waals surface area contributed by atoms with Crippen molar-refractivity contribution in [3.8, 4) is 0 Å². The topological polar surface area (TPSA) is 110 Å². The second kappa shape index (κ2) is 63.4. The monoisotopic (exact) mass is 1060 g/mol. The number of amides is 1. The molecule has 0 bridgehead atoms. The van der Waals surface area contributed by atoms with E-state index in [2.05, 4.69) is 55.6 Å². The van der Waals surface area contributed by atoms with Crippen molar-refractivity contribution in [3.63, 3.8) is 0 Å². The number of hydrogen-bond donors (Lipinski definition) is 5. The molecular formula is C69H133NO5. The molecule has 6 nitrogen and oxygen atoms in total. The summed E-state index contributed by atoms with van der Waals surface area (Å²) in [7, 11) is 0. The highest BCUT2D eigenvalue weighted by Gasteiger charge is 2.28. The number of nitrogens with one attached hydrogen (secondary N) is 1. The average molecular weight is 1060 g/mol. The number of allylic oxidation sites excluding steroid dienone is 6. The van der Waals surface area contributed by atoms with Crippen molar-refractivity contribution in [1.82, 2.24) is 5.32 Å². The van der Waals surface area contributed by atoms with Crippen LogP contribution in [0.5, 0.6) is 0 Å². The van der Waals surface area contributed by atoms with Gasteiger partial charge in [-0.1, -0.05) is 326 Å². The van der Waals surface area contributed by atoms with Gasteiger partial charge in [0.05, 0.1) is 18.8 Å². The average Bonchev–Trinajstić information content (AvgIpc) is 3.42. The molecule has 0 rings (SSSR count). The largest absolute Gasteiger partial charge is 0.394 e. The highest BCUT2D eigenvalue weighted by molar-refractivity contribution is 5.80. The first-order chi connectivity index (χ1) is 37.0. The molecule has 0 spiro atoms. The van der Waals surface area contributed by atoms with Crippen LogP contribution < -0.4 is 5.32 Å². The fourth-order valence-corrected chi connectivity index (χ4v) is 10.8. The van der Waals surface area contributed by atoms with Gasteiger partial charge in [-0.25, -0.2) is 0 Å². The van der Waals surface area contributed by atoms with Gasteiger partial charge < -0.3 is 25.7 Å². The summed E-state index contributed by atoms with van der Waals surface area (Å²) >= 11 is 0. The van der Waals surface area contributed by atoms with Gasteiger partial charge in [-0.2, -0.15) is 0 Å². The number of carbonyl (C=O) groups is 1. The minimum absolute atomic E-state index is 0.361. The van der Waals surface area contributed by atoms with Gasteiger partial charge in [-0.05, 0) is 77.0 Å². The second-order valence-corrected chi connectivity index (χ2v) is 23.5. The Kier molecular flexibility index (Phi) is 62.1.